The van der Waals surface area contributed by atoms with E-state index in [1.54, 1.807) is 24.3 Å². The molecule has 0 aliphatic carbocycles. The fraction of sp³-hybridized carbons (Fsp3) is 0.345. The normalized spacial score (nSPS) is 9.62. The Bertz CT molecular complexity index is 813. The van der Waals surface area contributed by atoms with E-state index in [1.807, 2.05) is 69.3 Å². The summed E-state index contributed by atoms with van der Waals surface area (Å²) in [6, 6.07) is 22.2. The molecule has 0 radical (unpaired) electrons. The van der Waals surface area contributed by atoms with Gasteiger partial charge in [0.1, 0.15) is 23.5 Å². The zero-order chi connectivity index (χ0) is 24.6. The molecule has 0 aromatic heterocycles. The van der Waals surface area contributed by atoms with E-state index in [2.05, 4.69) is 34.6 Å². The van der Waals surface area contributed by atoms with Crippen LogP contribution in [0, 0.1) is 6.92 Å². The number of aryl methyl sites for hydroxylation is 1. The van der Waals surface area contributed by atoms with Crippen molar-refractivity contribution < 1.29 is 14.6 Å². The Morgan fingerprint density at radius 2 is 1.19 bits per heavy atom. The summed E-state index contributed by atoms with van der Waals surface area (Å²) in [6.45, 7) is 16.7. The first-order valence-electron chi connectivity index (χ1n) is 11.3. The predicted octanol–water partition coefficient (Wildman–Crippen LogP) is 8.73. The highest BCUT2D eigenvalue weighted by Crippen LogP contribution is 2.23. The second-order valence-corrected chi connectivity index (χ2v) is 8.11. The number of phenolic OH excluding ortho intramolecular Hbond substituents is 1. The van der Waals surface area contributed by atoms with Gasteiger partial charge in [0.05, 0.1) is 0 Å². The van der Waals surface area contributed by atoms with Crippen molar-refractivity contribution in [1.29, 1.82) is 0 Å². The third-order valence-corrected chi connectivity index (χ3v) is 4.01. The zero-order valence-electron chi connectivity index (χ0n) is 21.0. The van der Waals surface area contributed by atoms with Crippen molar-refractivity contribution in [3.8, 4) is 17.2 Å². The van der Waals surface area contributed by atoms with Gasteiger partial charge in [-0.3, -0.25) is 4.79 Å². The third-order valence-electron chi connectivity index (χ3n) is 4.01. The molecule has 0 atom stereocenters. The van der Waals surface area contributed by atoms with E-state index in [4.69, 9.17) is 9.84 Å². The number of rotatable bonds is 3. The van der Waals surface area contributed by atoms with Crippen LogP contribution in [0.3, 0.4) is 0 Å². The molecule has 3 aromatic rings. The average molecular weight is 437 g/mol. The van der Waals surface area contributed by atoms with Gasteiger partial charge in [0.25, 0.3) is 0 Å². The Balaban J connectivity index is 0.000000509. The van der Waals surface area contributed by atoms with Gasteiger partial charge in [0, 0.05) is 5.56 Å². The van der Waals surface area contributed by atoms with Gasteiger partial charge >= 0.3 is 0 Å². The second kappa shape index (κ2) is 15.7. The molecule has 0 aliphatic rings. The molecule has 0 bridgehead atoms. The van der Waals surface area contributed by atoms with E-state index in [9.17, 15) is 4.79 Å². The molecule has 32 heavy (non-hydrogen) atoms. The van der Waals surface area contributed by atoms with Crippen LogP contribution in [-0.4, -0.2) is 11.4 Å². The van der Waals surface area contributed by atoms with Gasteiger partial charge in [0.2, 0.25) is 0 Å². The van der Waals surface area contributed by atoms with Crippen molar-refractivity contribution in [1.82, 2.24) is 0 Å². The van der Waals surface area contributed by atoms with Crippen LogP contribution in [0.1, 0.15) is 76.4 Å². The third kappa shape index (κ3) is 11.9. The van der Waals surface area contributed by atoms with Gasteiger partial charge < -0.3 is 9.84 Å². The largest absolute Gasteiger partial charge is 0.508 e. The summed E-state index contributed by atoms with van der Waals surface area (Å²) in [5, 5.41) is 9.10. The van der Waals surface area contributed by atoms with Gasteiger partial charge in [0.15, 0.2) is 0 Å². The molecular weight excluding hydrogens is 396 g/mol. The second-order valence-electron chi connectivity index (χ2n) is 8.11. The lowest BCUT2D eigenvalue weighted by molar-refractivity contribution is 0.112. The van der Waals surface area contributed by atoms with Gasteiger partial charge in [-0.1, -0.05) is 96.8 Å². The number of phenols is 1. The minimum absolute atomic E-state index is 0.168. The summed E-state index contributed by atoms with van der Waals surface area (Å²) < 4.78 is 5.58. The number of hydrogen-bond acceptors (Lipinski definition) is 3. The van der Waals surface area contributed by atoms with Crippen molar-refractivity contribution in [2.24, 2.45) is 0 Å². The highest BCUT2D eigenvalue weighted by molar-refractivity contribution is 5.74. The smallest absolute Gasteiger partial charge is 0.150 e. The lowest BCUT2D eigenvalue weighted by Gasteiger charge is -2.18. The monoisotopic (exact) mass is 436 g/mol. The highest BCUT2D eigenvalue weighted by atomic mass is 16.5. The number of aldehydes is 1. The Labute approximate surface area is 195 Å². The van der Waals surface area contributed by atoms with E-state index < -0.39 is 0 Å². The van der Waals surface area contributed by atoms with E-state index in [0.29, 0.717) is 0 Å². The minimum atomic E-state index is 0.168. The van der Waals surface area contributed by atoms with Crippen molar-refractivity contribution in [2.45, 2.75) is 67.2 Å². The molecule has 0 saturated heterocycles. The summed E-state index contributed by atoms with van der Waals surface area (Å²) >= 11 is 0. The van der Waals surface area contributed by atoms with Crippen molar-refractivity contribution in [3.05, 3.63) is 89.5 Å². The molecule has 3 rings (SSSR count). The molecule has 0 heterocycles. The summed E-state index contributed by atoms with van der Waals surface area (Å²) in [7, 11) is 0. The number of benzene rings is 3. The molecule has 0 aliphatic heterocycles. The Morgan fingerprint density at radius 3 is 1.56 bits per heavy atom. The summed E-state index contributed by atoms with van der Waals surface area (Å²) in [5.74, 6) is 1.76. The molecule has 1 N–H and O–H groups in total. The number of ether oxygens (including phenoxy) is 1. The summed E-state index contributed by atoms with van der Waals surface area (Å²) in [6.07, 6.45) is 2.12. The number of carbonyl (C=O) groups excluding carboxylic acids is 1. The zero-order valence-corrected chi connectivity index (χ0v) is 21.0. The Morgan fingerprint density at radius 1 is 0.781 bits per heavy atom. The van der Waals surface area contributed by atoms with Gasteiger partial charge in [-0.05, 0) is 54.3 Å². The van der Waals surface area contributed by atoms with Crippen LogP contribution >= 0.6 is 0 Å². The first kappa shape index (κ1) is 28.9. The minimum Gasteiger partial charge on any atom is -0.508 e. The molecule has 3 nitrogen and oxygen atoms in total. The first-order chi connectivity index (χ1) is 15.2. The number of carbonyl (C=O) groups is 1. The Kier molecular flexibility index (Phi) is 14.2. The van der Waals surface area contributed by atoms with Crippen LogP contribution in [0.25, 0.3) is 0 Å². The maximum atomic E-state index is 10.4. The van der Waals surface area contributed by atoms with Crippen LogP contribution in [-0.2, 0) is 5.41 Å². The van der Waals surface area contributed by atoms with Crippen molar-refractivity contribution in [2.75, 3.05) is 0 Å². The lowest BCUT2D eigenvalue weighted by atomic mass is 9.87. The van der Waals surface area contributed by atoms with Crippen LogP contribution in [0.15, 0.2) is 72.8 Å². The maximum absolute atomic E-state index is 10.4. The summed E-state index contributed by atoms with van der Waals surface area (Å²) in [5.41, 5.74) is 3.37. The van der Waals surface area contributed by atoms with Crippen molar-refractivity contribution >= 4 is 6.29 Å². The summed E-state index contributed by atoms with van der Waals surface area (Å²) in [4.78, 5) is 10.4. The Hall–Kier alpha value is -3.07. The maximum Gasteiger partial charge on any atom is 0.150 e. The number of aromatic hydroxyl groups is 1. The molecule has 0 fully saturated rings. The predicted molar refractivity (Wildman–Crippen MR) is 137 cm³/mol. The van der Waals surface area contributed by atoms with Gasteiger partial charge in [-0.2, -0.15) is 0 Å². The van der Waals surface area contributed by atoms with E-state index >= 15 is 0 Å². The molecule has 174 valence electrons. The quantitative estimate of drug-likeness (QED) is 0.417. The standard InChI is InChI=1S/C13H12O2.C11H14O.C3H8.C2H6/c1-10-2-6-12(7-3-10)15-13-8-4-11(14)5-9-13;1-11(2,3)10-6-4-9(8-12)5-7-10;1-3-2;1-2/h2-9,14H,1H3;4-8H,1-3H3;3H2,1-2H3;1-2H3. The van der Waals surface area contributed by atoms with Crippen molar-refractivity contribution in [3.63, 3.8) is 0 Å². The van der Waals surface area contributed by atoms with Gasteiger partial charge in [-0.15, -0.1) is 0 Å². The topological polar surface area (TPSA) is 46.5 Å². The van der Waals surface area contributed by atoms with Crippen LogP contribution < -0.4 is 4.74 Å². The van der Waals surface area contributed by atoms with Crippen LogP contribution in [0.4, 0.5) is 0 Å². The highest BCUT2D eigenvalue weighted by Gasteiger charge is 2.12. The van der Waals surface area contributed by atoms with E-state index in [1.165, 1.54) is 17.5 Å². The van der Waals surface area contributed by atoms with E-state index in [0.717, 1.165) is 23.3 Å². The molecule has 0 saturated carbocycles. The first-order valence-corrected chi connectivity index (χ1v) is 11.3. The average Bonchev–Trinajstić information content (AvgIpc) is 2.79. The van der Waals surface area contributed by atoms with E-state index in [-0.39, 0.29) is 11.2 Å². The molecule has 0 amide bonds. The SMILES string of the molecule is CC.CC(C)(C)c1ccc(C=O)cc1.CCC.Cc1ccc(Oc2ccc(O)cc2)cc1. The fourth-order valence-electron chi connectivity index (χ4n) is 2.32. The molecule has 3 heteroatoms. The lowest BCUT2D eigenvalue weighted by Crippen LogP contribution is -2.10. The molecule has 0 unspecified atom stereocenters. The van der Waals surface area contributed by atoms with Gasteiger partial charge in [-0.25, -0.2) is 0 Å². The molecule has 3 aromatic carbocycles. The van der Waals surface area contributed by atoms with Crippen LogP contribution in [0.5, 0.6) is 17.2 Å². The molecule has 0 spiro atoms. The number of hydrogen-bond donors (Lipinski definition) is 1. The van der Waals surface area contributed by atoms with Crippen LogP contribution in [0.2, 0.25) is 0 Å². The fourth-order valence-corrected chi connectivity index (χ4v) is 2.32. The molecular formula is C29H40O3.